The van der Waals surface area contributed by atoms with E-state index in [2.05, 4.69) is 14.8 Å². The molecule has 1 aromatic carbocycles. The highest BCUT2D eigenvalue weighted by Gasteiger charge is 2.31. The van der Waals surface area contributed by atoms with E-state index in [1.54, 1.807) is 11.0 Å². The number of hydrogen-bond acceptors (Lipinski definition) is 4. The van der Waals surface area contributed by atoms with E-state index in [-0.39, 0.29) is 18.3 Å². The van der Waals surface area contributed by atoms with Crippen LogP contribution in [0.3, 0.4) is 0 Å². The van der Waals surface area contributed by atoms with Crippen molar-refractivity contribution in [3.05, 3.63) is 36.4 Å². The second-order valence-corrected chi connectivity index (χ2v) is 5.99. The van der Waals surface area contributed by atoms with E-state index in [1.165, 1.54) is 24.3 Å². The number of aliphatic hydroxyl groups excluding tert-OH is 1. The molecule has 1 saturated carbocycles. The standard InChI is InChI=1S/C16H18F3N3O2/c17-16(18,19)24-14-7-5-13(6-8-14)22-10-20-15(21-22)12-3-1-11(9-23)2-4-12/h5-8,10-12,23H,1-4,9H2. The van der Waals surface area contributed by atoms with Gasteiger partial charge in [0, 0.05) is 12.5 Å². The maximum atomic E-state index is 12.2. The zero-order valence-corrected chi connectivity index (χ0v) is 12.9. The SMILES string of the molecule is OCC1CCC(c2ncn(-c3ccc(OC(F)(F)F)cc3)n2)CC1. The zero-order chi connectivity index (χ0) is 17.2. The van der Waals surface area contributed by atoms with Gasteiger partial charge in [-0.2, -0.15) is 5.10 Å². The van der Waals surface area contributed by atoms with Crippen LogP contribution in [0.4, 0.5) is 13.2 Å². The van der Waals surface area contributed by atoms with E-state index in [1.807, 2.05) is 0 Å². The number of hydrogen-bond donors (Lipinski definition) is 1. The lowest BCUT2D eigenvalue weighted by Gasteiger charge is -2.25. The van der Waals surface area contributed by atoms with Gasteiger partial charge < -0.3 is 9.84 Å². The van der Waals surface area contributed by atoms with Gasteiger partial charge in [0.15, 0.2) is 5.82 Å². The van der Waals surface area contributed by atoms with Gasteiger partial charge in [0.2, 0.25) is 0 Å². The van der Waals surface area contributed by atoms with Crippen LogP contribution in [-0.4, -0.2) is 32.8 Å². The lowest BCUT2D eigenvalue weighted by molar-refractivity contribution is -0.274. The molecule has 0 amide bonds. The molecule has 1 aliphatic carbocycles. The Kier molecular flexibility index (Phi) is 4.75. The molecule has 24 heavy (non-hydrogen) atoms. The third-order valence-electron chi connectivity index (χ3n) is 4.31. The molecule has 130 valence electrons. The first kappa shape index (κ1) is 16.8. The van der Waals surface area contributed by atoms with Crippen molar-refractivity contribution in [1.82, 2.24) is 14.8 Å². The van der Waals surface area contributed by atoms with Crippen molar-refractivity contribution in [2.75, 3.05) is 6.61 Å². The molecule has 0 saturated heterocycles. The first-order chi connectivity index (χ1) is 11.4. The zero-order valence-electron chi connectivity index (χ0n) is 12.9. The van der Waals surface area contributed by atoms with Gasteiger partial charge in [-0.1, -0.05) is 0 Å². The second kappa shape index (κ2) is 6.80. The third-order valence-corrected chi connectivity index (χ3v) is 4.31. The van der Waals surface area contributed by atoms with Gasteiger partial charge in [-0.25, -0.2) is 9.67 Å². The van der Waals surface area contributed by atoms with E-state index >= 15 is 0 Å². The van der Waals surface area contributed by atoms with E-state index in [0.717, 1.165) is 31.5 Å². The number of aromatic nitrogens is 3. The van der Waals surface area contributed by atoms with E-state index in [0.29, 0.717) is 11.6 Å². The summed E-state index contributed by atoms with van der Waals surface area (Å²) in [7, 11) is 0. The summed E-state index contributed by atoms with van der Waals surface area (Å²) in [6.45, 7) is 0.223. The summed E-state index contributed by atoms with van der Waals surface area (Å²) < 4.78 is 41.9. The van der Waals surface area contributed by atoms with Crippen LogP contribution >= 0.6 is 0 Å². The first-order valence-electron chi connectivity index (χ1n) is 7.83. The number of nitrogens with zero attached hydrogens (tertiary/aromatic N) is 3. The van der Waals surface area contributed by atoms with Gasteiger partial charge in [0.1, 0.15) is 12.1 Å². The van der Waals surface area contributed by atoms with Gasteiger partial charge in [-0.15, -0.1) is 13.2 Å². The first-order valence-corrected chi connectivity index (χ1v) is 7.83. The molecule has 8 heteroatoms. The number of halogens is 3. The minimum Gasteiger partial charge on any atom is -0.406 e. The molecular weight excluding hydrogens is 323 g/mol. The molecule has 1 heterocycles. The number of rotatable bonds is 4. The summed E-state index contributed by atoms with van der Waals surface area (Å²) in [6, 6.07) is 5.50. The summed E-state index contributed by atoms with van der Waals surface area (Å²) in [4.78, 5) is 4.33. The summed E-state index contributed by atoms with van der Waals surface area (Å²) >= 11 is 0. The van der Waals surface area contributed by atoms with Crippen LogP contribution < -0.4 is 4.74 Å². The number of ether oxygens (including phenoxy) is 1. The Hall–Kier alpha value is -2.09. The van der Waals surface area contributed by atoms with Crippen molar-refractivity contribution < 1.29 is 23.0 Å². The summed E-state index contributed by atoms with van der Waals surface area (Å²) in [6.07, 6.45) is 0.655. The molecule has 0 spiro atoms. The fourth-order valence-corrected chi connectivity index (χ4v) is 2.99. The van der Waals surface area contributed by atoms with Crippen LogP contribution in [0.5, 0.6) is 5.75 Å². The van der Waals surface area contributed by atoms with Crippen LogP contribution in [0.1, 0.15) is 37.4 Å². The average molecular weight is 341 g/mol. The van der Waals surface area contributed by atoms with Crippen LogP contribution in [0, 0.1) is 5.92 Å². The molecule has 2 aromatic rings. The molecule has 1 fully saturated rings. The Labute approximate surface area is 137 Å². The predicted octanol–water partition coefficient (Wildman–Crippen LogP) is 3.43. The van der Waals surface area contributed by atoms with Crippen LogP contribution in [0.25, 0.3) is 5.69 Å². The summed E-state index contributed by atoms with van der Waals surface area (Å²) in [5.41, 5.74) is 0.618. The number of aliphatic hydroxyl groups is 1. The van der Waals surface area contributed by atoms with Gasteiger partial charge in [-0.3, -0.25) is 0 Å². The van der Waals surface area contributed by atoms with Crippen molar-refractivity contribution in [2.45, 2.75) is 38.0 Å². The van der Waals surface area contributed by atoms with E-state index in [4.69, 9.17) is 0 Å². The normalized spacial score (nSPS) is 21.7. The van der Waals surface area contributed by atoms with Crippen molar-refractivity contribution in [1.29, 1.82) is 0 Å². The maximum absolute atomic E-state index is 12.2. The van der Waals surface area contributed by atoms with Gasteiger partial charge >= 0.3 is 6.36 Å². The van der Waals surface area contributed by atoms with E-state index < -0.39 is 6.36 Å². The fourth-order valence-electron chi connectivity index (χ4n) is 2.99. The fraction of sp³-hybridized carbons (Fsp3) is 0.500. The molecule has 0 radical (unpaired) electrons. The Morgan fingerprint density at radius 1 is 1.12 bits per heavy atom. The molecule has 1 aliphatic rings. The molecule has 5 nitrogen and oxygen atoms in total. The van der Waals surface area contributed by atoms with Gasteiger partial charge in [-0.05, 0) is 55.9 Å². The molecule has 3 rings (SSSR count). The number of benzene rings is 1. The predicted molar refractivity (Wildman–Crippen MR) is 79.8 cm³/mol. The monoisotopic (exact) mass is 341 g/mol. The molecule has 0 bridgehead atoms. The highest BCUT2D eigenvalue weighted by atomic mass is 19.4. The molecular formula is C16H18F3N3O2. The summed E-state index contributed by atoms with van der Waals surface area (Å²) in [5.74, 6) is 1.10. The minimum absolute atomic E-state index is 0.223. The average Bonchev–Trinajstić information content (AvgIpc) is 3.04. The summed E-state index contributed by atoms with van der Waals surface area (Å²) in [5, 5.41) is 13.6. The topological polar surface area (TPSA) is 60.2 Å². The highest BCUT2D eigenvalue weighted by molar-refractivity contribution is 5.36. The highest BCUT2D eigenvalue weighted by Crippen LogP contribution is 2.34. The van der Waals surface area contributed by atoms with Crippen LogP contribution in [0.15, 0.2) is 30.6 Å². The Morgan fingerprint density at radius 2 is 1.79 bits per heavy atom. The molecule has 0 unspecified atom stereocenters. The van der Waals surface area contributed by atoms with E-state index in [9.17, 15) is 18.3 Å². The second-order valence-electron chi connectivity index (χ2n) is 5.99. The lowest BCUT2D eigenvalue weighted by Crippen LogP contribution is -2.17. The molecule has 0 aliphatic heterocycles. The quantitative estimate of drug-likeness (QED) is 0.925. The Balaban J connectivity index is 1.67. The number of alkyl halides is 3. The largest absolute Gasteiger partial charge is 0.573 e. The molecule has 1 aromatic heterocycles. The van der Waals surface area contributed by atoms with Crippen LogP contribution in [-0.2, 0) is 0 Å². The van der Waals surface area contributed by atoms with Crippen LogP contribution in [0.2, 0.25) is 0 Å². The van der Waals surface area contributed by atoms with Gasteiger partial charge in [0.25, 0.3) is 0 Å². The molecule has 1 N–H and O–H groups in total. The molecule has 0 atom stereocenters. The van der Waals surface area contributed by atoms with Crippen molar-refractivity contribution >= 4 is 0 Å². The van der Waals surface area contributed by atoms with Crippen molar-refractivity contribution in [3.8, 4) is 11.4 Å². The van der Waals surface area contributed by atoms with Crippen molar-refractivity contribution in [3.63, 3.8) is 0 Å². The Bertz CT molecular complexity index is 662. The van der Waals surface area contributed by atoms with Crippen molar-refractivity contribution in [2.24, 2.45) is 5.92 Å². The Morgan fingerprint density at radius 3 is 2.38 bits per heavy atom. The maximum Gasteiger partial charge on any atom is 0.573 e. The smallest absolute Gasteiger partial charge is 0.406 e. The minimum atomic E-state index is -4.70. The lowest BCUT2D eigenvalue weighted by atomic mass is 9.82. The van der Waals surface area contributed by atoms with Gasteiger partial charge in [0.05, 0.1) is 5.69 Å². The third kappa shape index (κ3) is 4.05.